The third-order valence-electron chi connectivity index (χ3n) is 4.22. The van der Waals surface area contributed by atoms with Crippen molar-refractivity contribution in [2.24, 2.45) is 0 Å². The van der Waals surface area contributed by atoms with Gasteiger partial charge in [0.1, 0.15) is 5.78 Å². The van der Waals surface area contributed by atoms with Gasteiger partial charge in [0.05, 0.1) is 0 Å². The van der Waals surface area contributed by atoms with E-state index >= 15 is 0 Å². The van der Waals surface area contributed by atoms with E-state index in [0.717, 1.165) is 45.8 Å². The van der Waals surface area contributed by atoms with Crippen molar-refractivity contribution in [3.05, 3.63) is 71.8 Å². The molecule has 5 nitrogen and oxygen atoms in total. The molecular formula is C22H36N4OP2. The molecule has 3 N–H and O–H groups in total. The third kappa shape index (κ3) is 14.4. The van der Waals surface area contributed by atoms with Crippen LogP contribution in [-0.2, 0) is 17.9 Å². The van der Waals surface area contributed by atoms with E-state index in [-0.39, 0.29) is 5.78 Å². The predicted octanol–water partition coefficient (Wildman–Crippen LogP) is 3.00. The normalized spacial score (nSPS) is 10.5. The zero-order valence-corrected chi connectivity index (χ0v) is 19.7. The highest BCUT2D eigenvalue weighted by atomic mass is 31.0. The summed E-state index contributed by atoms with van der Waals surface area (Å²) in [5.74, 6) is 0.252. The van der Waals surface area contributed by atoms with Crippen LogP contribution >= 0.6 is 18.8 Å². The quantitative estimate of drug-likeness (QED) is 0.334. The number of ketones is 1. The fourth-order valence-electron chi connectivity index (χ4n) is 2.64. The summed E-state index contributed by atoms with van der Waals surface area (Å²) >= 11 is 0. The van der Waals surface area contributed by atoms with Crippen molar-refractivity contribution in [2.75, 3.05) is 32.7 Å². The molecule has 0 saturated carbocycles. The van der Waals surface area contributed by atoms with Crippen molar-refractivity contribution in [3.63, 3.8) is 0 Å². The van der Waals surface area contributed by atoms with Gasteiger partial charge in [-0.25, -0.2) is 0 Å². The van der Waals surface area contributed by atoms with Gasteiger partial charge in [0.25, 0.3) is 0 Å². The van der Waals surface area contributed by atoms with Gasteiger partial charge in [-0.15, -0.1) is 0 Å². The van der Waals surface area contributed by atoms with Crippen LogP contribution in [0.4, 0.5) is 0 Å². The van der Waals surface area contributed by atoms with E-state index in [9.17, 15) is 4.79 Å². The molecule has 160 valence electrons. The fourth-order valence-corrected chi connectivity index (χ4v) is 2.91. The molecule has 0 radical (unpaired) electrons. The van der Waals surface area contributed by atoms with Crippen molar-refractivity contribution in [3.8, 4) is 0 Å². The number of rotatable bonds is 13. The molecule has 2 aromatic rings. The van der Waals surface area contributed by atoms with Crippen LogP contribution in [0, 0.1) is 0 Å². The van der Waals surface area contributed by atoms with E-state index in [1.165, 1.54) is 11.1 Å². The van der Waals surface area contributed by atoms with Crippen LogP contribution in [0.15, 0.2) is 60.7 Å². The molecule has 0 amide bonds. The molecule has 0 bridgehead atoms. The lowest BCUT2D eigenvalue weighted by Crippen LogP contribution is -2.30. The van der Waals surface area contributed by atoms with E-state index in [1.807, 2.05) is 24.3 Å². The van der Waals surface area contributed by atoms with Gasteiger partial charge in [0.2, 0.25) is 0 Å². The van der Waals surface area contributed by atoms with Crippen molar-refractivity contribution < 1.29 is 4.79 Å². The van der Waals surface area contributed by atoms with Crippen molar-refractivity contribution in [1.82, 2.24) is 20.4 Å². The third-order valence-corrected chi connectivity index (χ3v) is 4.80. The summed E-state index contributed by atoms with van der Waals surface area (Å²) in [4.78, 5) is 13.3. The number of carbonyl (C=O) groups is 1. The SMILES string of the molecule is CC(=O)CCN(CCNP)Cc1ccccc1.PNCCNCc1ccccc1. The molecule has 0 aromatic heterocycles. The molecule has 2 aromatic carbocycles. The Morgan fingerprint density at radius 3 is 1.97 bits per heavy atom. The van der Waals surface area contributed by atoms with Gasteiger partial charge >= 0.3 is 0 Å². The minimum absolute atomic E-state index is 0.252. The summed E-state index contributed by atoms with van der Waals surface area (Å²) in [6.45, 7) is 8.18. The second-order valence-corrected chi connectivity index (χ2v) is 7.60. The second kappa shape index (κ2) is 17.7. The molecular weight excluding hydrogens is 398 g/mol. The molecule has 0 aliphatic heterocycles. The van der Waals surface area contributed by atoms with Crippen LogP contribution in [0.3, 0.4) is 0 Å². The first-order valence-corrected chi connectivity index (χ1v) is 11.2. The largest absolute Gasteiger partial charge is 0.311 e. The fraction of sp³-hybridized carbons (Fsp3) is 0.409. The minimum Gasteiger partial charge on any atom is -0.311 e. The number of benzene rings is 2. The highest BCUT2D eigenvalue weighted by Crippen LogP contribution is 2.05. The van der Waals surface area contributed by atoms with Gasteiger partial charge in [-0.2, -0.15) is 0 Å². The lowest BCUT2D eigenvalue weighted by atomic mass is 10.2. The average Bonchev–Trinajstić information content (AvgIpc) is 2.75. The Kier molecular flexibility index (Phi) is 15.7. The maximum absolute atomic E-state index is 11.0. The first-order chi connectivity index (χ1) is 14.2. The summed E-state index contributed by atoms with van der Waals surface area (Å²) < 4.78 is 0. The second-order valence-electron chi connectivity index (χ2n) is 6.78. The summed E-state index contributed by atoms with van der Waals surface area (Å²) in [6, 6.07) is 20.8. The van der Waals surface area contributed by atoms with Crippen molar-refractivity contribution in [1.29, 1.82) is 0 Å². The van der Waals surface area contributed by atoms with E-state index in [4.69, 9.17) is 0 Å². The van der Waals surface area contributed by atoms with Gasteiger partial charge in [-0.05, 0) is 18.1 Å². The summed E-state index contributed by atoms with van der Waals surface area (Å²) in [5, 5.41) is 9.40. The van der Waals surface area contributed by atoms with E-state index in [1.54, 1.807) is 6.92 Å². The van der Waals surface area contributed by atoms with E-state index < -0.39 is 0 Å². The molecule has 0 saturated heterocycles. The molecule has 0 heterocycles. The van der Waals surface area contributed by atoms with Gasteiger partial charge in [0.15, 0.2) is 0 Å². The topological polar surface area (TPSA) is 56.4 Å². The molecule has 0 spiro atoms. The molecule has 0 aliphatic rings. The van der Waals surface area contributed by atoms with Gasteiger partial charge < -0.3 is 5.32 Å². The number of nitrogens with one attached hydrogen (secondary N) is 3. The van der Waals surface area contributed by atoms with Crippen LogP contribution in [0.25, 0.3) is 0 Å². The predicted molar refractivity (Wildman–Crippen MR) is 131 cm³/mol. The van der Waals surface area contributed by atoms with E-state index in [2.05, 4.69) is 75.6 Å². The summed E-state index contributed by atoms with van der Waals surface area (Å²) in [5.41, 5.74) is 2.63. The smallest absolute Gasteiger partial charge is 0.131 e. The zero-order valence-electron chi connectivity index (χ0n) is 17.4. The van der Waals surface area contributed by atoms with Crippen LogP contribution in [0.2, 0.25) is 0 Å². The summed E-state index contributed by atoms with van der Waals surface area (Å²) in [7, 11) is 4.99. The van der Waals surface area contributed by atoms with Crippen LogP contribution in [0.5, 0.6) is 0 Å². The van der Waals surface area contributed by atoms with Gasteiger partial charge in [-0.1, -0.05) is 79.4 Å². The minimum atomic E-state index is 0.252. The van der Waals surface area contributed by atoms with E-state index in [0.29, 0.717) is 6.42 Å². The molecule has 7 heteroatoms. The lowest BCUT2D eigenvalue weighted by Gasteiger charge is -2.21. The van der Waals surface area contributed by atoms with Crippen LogP contribution in [-0.4, -0.2) is 43.4 Å². The molecule has 0 aliphatic carbocycles. The Bertz CT molecular complexity index is 644. The van der Waals surface area contributed by atoms with Crippen molar-refractivity contribution in [2.45, 2.75) is 26.4 Å². The van der Waals surface area contributed by atoms with Crippen LogP contribution in [0.1, 0.15) is 24.5 Å². The first-order valence-electron chi connectivity index (χ1n) is 10.0. The Morgan fingerprint density at radius 1 is 0.828 bits per heavy atom. The van der Waals surface area contributed by atoms with Crippen molar-refractivity contribution >= 4 is 24.6 Å². The number of nitrogens with zero attached hydrogens (tertiary/aromatic N) is 1. The maximum atomic E-state index is 11.0. The molecule has 2 rings (SSSR count). The molecule has 2 unspecified atom stereocenters. The number of hydrogen-bond donors (Lipinski definition) is 3. The summed E-state index contributed by atoms with van der Waals surface area (Å²) in [6.07, 6.45) is 0.629. The maximum Gasteiger partial charge on any atom is 0.131 e. The Labute approximate surface area is 180 Å². The standard InChI is InChI=1S/C13H21N2OP.C9H15N2P/c1-12(16)7-9-15(10-8-14-17)11-13-5-3-2-4-6-13;12-11-7-6-10-8-9-4-2-1-3-5-9/h2-6,14H,7-11,17H2,1H3;1-5,10-11H,6-8,12H2. The number of Topliss-reactive ketones (excluding diaryl/α,β-unsaturated/α-hetero) is 1. The lowest BCUT2D eigenvalue weighted by molar-refractivity contribution is -0.117. The van der Waals surface area contributed by atoms with Gasteiger partial charge in [-0.3, -0.25) is 19.9 Å². The van der Waals surface area contributed by atoms with Crippen LogP contribution < -0.4 is 15.5 Å². The number of carbonyl (C=O) groups excluding carboxylic acids is 1. The number of hydrogen-bond acceptors (Lipinski definition) is 5. The zero-order chi connectivity index (χ0) is 21.2. The Balaban J connectivity index is 0.000000308. The average molecular weight is 435 g/mol. The molecule has 29 heavy (non-hydrogen) atoms. The van der Waals surface area contributed by atoms with Gasteiger partial charge in [0, 0.05) is 52.2 Å². The molecule has 2 atom stereocenters. The monoisotopic (exact) mass is 434 g/mol. The highest BCUT2D eigenvalue weighted by molar-refractivity contribution is 7.13. The Morgan fingerprint density at radius 2 is 1.41 bits per heavy atom. The highest BCUT2D eigenvalue weighted by Gasteiger charge is 2.06. The Hall–Kier alpha value is -1.19. The first kappa shape index (κ1) is 25.8. The molecule has 0 fully saturated rings.